The molecule has 1 atom stereocenters. The van der Waals surface area contributed by atoms with Gasteiger partial charge in [0.25, 0.3) is 0 Å². The van der Waals surface area contributed by atoms with Crippen molar-refractivity contribution in [3.63, 3.8) is 0 Å². The van der Waals surface area contributed by atoms with Gasteiger partial charge >= 0.3 is 0 Å². The Morgan fingerprint density at radius 3 is 2.64 bits per heavy atom. The lowest BCUT2D eigenvalue weighted by Gasteiger charge is -2.02. The molecule has 14 heavy (non-hydrogen) atoms. The SMILES string of the molecule is CCc1cccc2c1C(=O)C(O)C2=O. The number of aryl methyl sites for hydroxylation is 1. The van der Waals surface area contributed by atoms with Crippen molar-refractivity contribution in [3.8, 4) is 0 Å². The van der Waals surface area contributed by atoms with Crippen LogP contribution in [0.15, 0.2) is 18.2 Å². The number of aliphatic hydroxyl groups is 1. The molecule has 1 aliphatic carbocycles. The molecule has 72 valence electrons. The zero-order chi connectivity index (χ0) is 10.3. The summed E-state index contributed by atoms with van der Waals surface area (Å²) >= 11 is 0. The van der Waals surface area contributed by atoms with Gasteiger partial charge in [-0.25, -0.2) is 0 Å². The standard InChI is InChI=1S/C11H10O3/c1-2-6-4-3-5-7-8(6)10(13)11(14)9(7)12/h3-5,11,14H,2H2,1H3. The van der Waals surface area contributed by atoms with Crippen LogP contribution in [0.25, 0.3) is 0 Å². The van der Waals surface area contributed by atoms with Gasteiger partial charge in [0.2, 0.25) is 0 Å². The third-order valence-corrected chi connectivity index (χ3v) is 2.54. The molecule has 3 heteroatoms. The highest BCUT2D eigenvalue weighted by Gasteiger charge is 2.38. The van der Waals surface area contributed by atoms with Crippen LogP contribution in [0.2, 0.25) is 0 Å². The van der Waals surface area contributed by atoms with Gasteiger partial charge in [-0.15, -0.1) is 0 Å². The molecule has 0 aliphatic heterocycles. The van der Waals surface area contributed by atoms with Crippen LogP contribution in [0.1, 0.15) is 33.2 Å². The molecule has 1 N–H and O–H groups in total. The van der Waals surface area contributed by atoms with Gasteiger partial charge in [-0.3, -0.25) is 9.59 Å². The molecule has 0 aromatic heterocycles. The minimum atomic E-state index is -1.47. The first-order valence-corrected chi connectivity index (χ1v) is 4.55. The number of ketones is 2. The molecule has 0 heterocycles. The second-order valence-electron chi connectivity index (χ2n) is 3.32. The minimum Gasteiger partial charge on any atom is -0.377 e. The first-order valence-electron chi connectivity index (χ1n) is 4.55. The zero-order valence-electron chi connectivity index (χ0n) is 7.78. The van der Waals surface area contributed by atoms with E-state index in [1.165, 1.54) is 0 Å². The molecule has 0 saturated carbocycles. The number of Topliss-reactive ketones (excluding diaryl/α,β-unsaturated/α-hetero) is 2. The summed E-state index contributed by atoms with van der Waals surface area (Å²) in [4.78, 5) is 22.9. The Morgan fingerprint density at radius 1 is 1.29 bits per heavy atom. The predicted octanol–water partition coefficient (Wildman–Crippen LogP) is 0.989. The molecule has 1 aromatic carbocycles. The molecule has 1 aromatic rings. The van der Waals surface area contributed by atoms with Gasteiger partial charge in [0, 0.05) is 11.1 Å². The Labute approximate surface area is 81.4 Å². The summed E-state index contributed by atoms with van der Waals surface area (Å²) in [5.74, 6) is -0.928. The summed E-state index contributed by atoms with van der Waals surface area (Å²) < 4.78 is 0. The number of hydrogen-bond acceptors (Lipinski definition) is 3. The molecule has 1 aliphatic rings. The average molecular weight is 190 g/mol. The molecular formula is C11H10O3. The Hall–Kier alpha value is -1.48. The molecule has 0 bridgehead atoms. The number of carbonyl (C=O) groups is 2. The van der Waals surface area contributed by atoms with E-state index < -0.39 is 17.7 Å². The fourth-order valence-electron chi connectivity index (χ4n) is 1.79. The van der Waals surface area contributed by atoms with Gasteiger partial charge < -0.3 is 5.11 Å². The van der Waals surface area contributed by atoms with Gasteiger partial charge in [0.15, 0.2) is 17.7 Å². The van der Waals surface area contributed by atoms with Crippen LogP contribution in [0, 0.1) is 0 Å². The smallest absolute Gasteiger partial charge is 0.200 e. The van der Waals surface area contributed by atoms with E-state index in [1.807, 2.05) is 13.0 Å². The first-order chi connectivity index (χ1) is 6.66. The highest BCUT2D eigenvalue weighted by Crippen LogP contribution is 2.25. The predicted molar refractivity (Wildman–Crippen MR) is 50.5 cm³/mol. The lowest BCUT2D eigenvalue weighted by molar-refractivity contribution is 0.0663. The van der Waals surface area contributed by atoms with Crippen LogP contribution in [0.5, 0.6) is 0 Å². The third kappa shape index (κ3) is 1.02. The van der Waals surface area contributed by atoms with Crippen molar-refractivity contribution in [1.82, 2.24) is 0 Å². The monoisotopic (exact) mass is 190 g/mol. The maximum Gasteiger partial charge on any atom is 0.200 e. The van der Waals surface area contributed by atoms with Crippen molar-refractivity contribution >= 4 is 11.6 Å². The van der Waals surface area contributed by atoms with Crippen LogP contribution in [0.3, 0.4) is 0 Å². The molecule has 1 unspecified atom stereocenters. The second-order valence-corrected chi connectivity index (χ2v) is 3.32. The van der Waals surface area contributed by atoms with Crippen molar-refractivity contribution in [1.29, 1.82) is 0 Å². The van der Waals surface area contributed by atoms with E-state index in [2.05, 4.69) is 0 Å². The van der Waals surface area contributed by atoms with Crippen LogP contribution < -0.4 is 0 Å². The maximum absolute atomic E-state index is 11.5. The van der Waals surface area contributed by atoms with Gasteiger partial charge in [-0.05, 0) is 12.0 Å². The van der Waals surface area contributed by atoms with E-state index in [0.717, 1.165) is 5.56 Å². The number of aliphatic hydroxyl groups excluding tert-OH is 1. The molecule has 0 amide bonds. The van der Waals surface area contributed by atoms with Crippen LogP contribution in [0.4, 0.5) is 0 Å². The first kappa shape index (κ1) is 9.09. The third-order valence-electron chi connectivity index (χ3n) is 2.54. The number of fused-ring (bicyclic) bond motifs is 1. The van der Waals surface area contributed by atoms with Crippen molar-refractivity contribution in [2.24, 2.45) is 0 Å². The molecule has 0 radical (unpaired) electrons. The second kappa shape index (κ2) is 3.03. The molecular weight excluding hydrogens is 180 g/mol. The molecule has 3 nitrogen and oxygen atoms in total. The Kier molecular flexibility index (Phi) is 1.97. The van der Waals surface area contributed by atoms with E-state index in [0.29, 0.717) is 17.5 Å². The van der Waals surface area contributed by atoms with E-state index in [1.54, 1.807) is 12.1 Å². The van der Waals surface area contributed by atoms with Gasteiger partial charge in [-0.1, -0.05) is 25.1 Å². The van der Waals surface area contributed by atoms with Crippen LogP contribution in [-0.2, 0) is 6.42 Å². The van der Waals surface area contributed by atoms with Crippen molar-refractivity contribution in [2.75, 3.05) is 0 Å². The lowest BCUT2D eigenvalue weighted by atomic mass is 10.0. The Balaban J connectivity index is 2.69. The number of benzene rings is 1. The Bertz CT molecular complexity index is 421. The summed E-state index contributed by atoms with van der Waals surface area (Å²) in [7, 11) is 0. The lowest BCUT2D eigenvalue weighted by Crippen LogP contribution is -2.20. The number of rotatable bonds is 1. The molecule has 0 spiro atoms. The Morgan fingerprint density at radius 2 is 2.00 bits per heavy atom. The fourth-order valence-corrected chi connectivity index (χ4v) is 1.79. The van der Waals surface area contributed by atoms with Gasteiger partial charge in [0.1, 0.15) is 0 Å². The van der Waals surface area contributed by atoms with Gasteiger partial charge in [0.05, 0.1) is 0 Å². The molecule has 0 fully saturated rings. The average Bonchev–Trinajstić information content (AvgIpc) is 2.44. The number of hydrogen-bond donors (Lipinski definition) is 1. The van der Waals surface area contributed by atoms with E-state index in [4.69, 9.17) is 0 Å². The summed E-state index contributed by atoms with van der Waals surface area (Å²) in [6, 6.07) is 5.13. The van der Waals surface area contributed by atoms with Gasteiger partial charge in [-0.2, -0.15) is 0 Å². The summed E-state index contributed by atoms with van der Waals surface area (Å²) in [5.41, 5.74) is 1.60. The minimum absolute atomic E-state index is 0.363. The maximum atomic E-state index is 11.5. The summed E-state index contributed by atoms with van der Waals surface area (Å²) in [6.07, 6.45) is -0.785. The van der Waals surface area contributed by atoms with E-state index in [-0.39, 0.29) is 0 Å². The summed E-state index contributed by atoms with van der Waals surface area (Å²) in [6.45, 7) is 1.91. The van der Waals surface area contributed by atoms with E-state index in [9.17, 15) is 14.7 Å². The number of carbonyl (C=O) groups excluding carboxylic acids is 2. The van der Waals surface area contributed by atoms with Crippen LogP contribution in [-0.4, -0.2) is 22.8 Å². The largest absolute Gasteiger partial charge is 0.377 e. The highest BCUT2D eigenvalue weighted by atomic mass is 16.3. The topological polar surface area (TPSA) is 54.4 Å². The summed E-state index contributed by atoms with van der Waals surface area (Å²) in [5, 5.41) is 9.31. The zero-order valence-corrected chi connectivity index (χ0v) is 7.78. The normalized spacial score (nSPS) is 20.0. The van der Waals surface area contributed by atoms with E-state index >= 15 is 0 Å². The fraction of sp³-hybridized carbons (Fsp3) is 0.273. The highest BCUT2D eigenvalue weighted by molar-refractivity contribution is 6.28. The van der Waals surface area contributed by atoms with Crippen molar-refractivity contribution in [2.45, 2.75) is 19.4 Å². The van der Waals surface area contributed by atoms with Crippen LogP contribution >= 0.6 is 0 Å². The van der Waals surface area contributed by atoms with Crippen molar-refractivity contribution < 1.29 is 14.7 Å². The molecule has 2 rings (SSSR count). The molecule has 0 saturated heterocycles. The van der Waals surface area contributed by atoms with Crippen molar-refractivity contribution in [3.05, 3.63) is 34.9 Å². The quantitative estimate of drug-likeness (QED) is 0.672.